The van der Waals surface area contributed by atoms with Crippen molar-refractivity contribution in [3.05, 3.63) is 54.6 Å². The van der Waals surface area contributed by atoms with Gasteiger partial charge in [0.1, 0.15) is 0 Å². The summed E-state index contributed by atoms with van der Waals surface area (Å²) < 4.78 is 0. The number of amides is 1. The molecule has 1 amide bonds. The smallest absolute Gasteiger partial charge is 0.241 e. The third kappa shape index (κ3) is 3.60. The molecule has 0 fully saturated rings. The van der Waals surface area contributed by atoms with Crippen molar-refractivity contribution >= 4 is 11.6 Å². The number of likely N-dealkylation sites (N-methyl/N-ethyl adjacent to an activating group) is 1. The van der Waals surface area contributed by atoms with Crippen molar-refractivity contribution in [3.8, 4) is 11.1 Å². The SMILES string of the molecule is CCN(C)C(=O)CNc1ccc(-c2ccccc2)cc1. The normalized spacial score (nSPS) is 10.1. The molecule has 0 bridgehead atoms. The van der Waals surface area contributed by atoms with Crippen LogP contribution in [0.4, 0.5) is 5.69 Å². The highest BCUT2D eigenvalue weighted by Crippen LogP contribution is 2.20. The third-order valence-corrected chi connectivity index (χ3v) is 3.34. The first-order valence-corrected chi connectivity index (χ1v) is 6.84. The van der Waals surface area contributed by atoms with E-state index < -0.39 is 0 Å². The topological polar surface area (TPSA) is 32.3 Å². The molecule has 0 saturated carbocycles. The van der Waals surface area contributed by atoms with Crippen LogP contribution in [0.5, 0.6) is 0 Å². The van der Waals surface area contributed by atoms with Gasteiger partial charge in [0.25, 0.3) is 0 Å². The summed E-state index contributed by atoms with van der Waals surface area (Å²) >= 11 is 0. The minimum absolute atomic E-state index is 0.0969. The molecule has 3 nitrogen and oxygen atoms in total. The van der Waals surface area contributed by atoms with Crippen molar-refractivity contribution in [1.29, 1.82) is 0 Å². The van der Waals surface area contributed by atoms with Gasteiger partial charge >= 0.3 is 0 Å². The summed E-state index contributed by atoms with van der Waals surface area (Å²) in [7, 11) is 1.81. The van der Waals surface area contributed by atoms with Crippen molar-refractivity contribution in [2.45, 2.75) is 6.92 Å². The zero-order valence-corrected chi connectivity index (χ0v) is 12.0. The van der Waals surface area contributed by atoms with Gasteiger partial charge in [0.2, 0.25) is 5.91 Å². The predicted molar refractivity (Wildman–Crippen MR) is 83.7 cm³/mol. The Morgan fingerprint density at radius 1 is 1.00 bits per heavy atom. The highest BCUT2D eigenvalue weighted by molar-refractivity contribution is 5.80. The van der Waals surface area contributed by atoms with Crippen LogP contribution in [0.1, 0.15) is 6.92 Å². The van der Waals surface area contributed by atoms with Crippen LogP contribution in [0.15, 0.2) is 54.6 Å². The molecule has 0 atom stereocenters. The molecule has 0 aliphatic heterocycles. The highest BCUT2D eigenvalue weighted by atomic mass is 16.2. The molecule has 0 spiro atoms. The number of carbonyl (C=O) groups is 1. The third-order valence-electron chi connectivity index (χ3n) is 3.34. The van der Waals surface area contributed by atoms with Crippen molar-refractivity contribution in [2.24, 2.45) is 0 Å². The first-order chi connectivity index (χ1) is 9.70. The van der Waals surface area contributed by atoms with Gasteiger partial charge in [0, 0.05) is 19.3 Å². The van der Waals surface area contributed by atoms with Gasteiger partial charge in [0.15, 0.2) is 0 Å². The van der Waals surface area contributed by atoms with Crippen LogP contribution < -0.4 is 5.32 Å². The molecule has 104 valence electrons. The van der Waals surface area contributed by atoms with Gasteiger partial charge in [-0.05, 0) is 30.2 Å². The van der Waals surface area contributed by atoms with E-state index >= 15 is 0 Å². The van der Waals surface area contributed by atoms with Crippen LogP contribution >= 0.6 is 0 Å². The van der Waals surface area contributed by atoms with Gasteiger partial charge in [-0.25, -0.2) is 0 Å². The maximum Gasteiger partial charge on any atom is 0.241 e. The van der Waals surface area contributed by atoms with Gasteiger partial charge in [0.05, 0.1) is 6.54 Å². The van der Waals surface area contributed by atoms with E-state index in [2.05, 4.69) is 29.6 Å². The number of hydrogen-bond acceptors (Lipinski definition) is 2. The monoisotopic (exact) mass is 268 g/mol. The first kappa shape index (κ1) is 14.1. The van der Waals surface area contributed by atoms with Gasteiger partial charge in [-0.2, -0.15) is 0 Å². The van der Waals surface area contributed by atoms with E-state index in [-0.39, 0.29) is 5.91 Å². The average molecular weight is 268 g/mol. The van der Waals surface area contributed by atoms with Gasteiger partial charge in [-0.1, -0.05) is 42.5 Å². The molecule has 0 radical (unpaired) electrons. The summed E-state index contributed by atoms with van der Waals surface area (Å²) in [4.78, 5) is 13.4. The second kappa shape index (κ2) is 6.75. The molecule has 0 aliphatic carbocycles. The van der Waals surface area contributed by atoms with E-state index in [9.17, 15) is 4.79 Å². The maximum absolute atomic E-state index is 11.7. The molecule has 3 heteroatoms. The molecular weight excluding hydrogens is 248 g/mol. The molecule has 2 aromatic carbocycles. The number of carbonyl (C=O) groups excluding carboxylic acids is 1. The Bertz CT molecular complexity index is 549. The number of anilines is 1. The lowest BCUT2D eigenvalue weighted by molar-refractivity contribution is -0.127. The first-order valence-electron chi connectivity index (χ1n) is 6.84. The van der Waals surface area contributed by atoms with E-state index in [1.54, 1.807) is 4.90 Å². The fourth-order valence-electron chi connectivity index (χ4n) is 1.90. The summed E-state index contributed by atoms with van der Waals surface area (Å²) in [5, 5.41) is 3.15. The van der Waals surface area contributed by atoms with Crippen molar-refractivity contribution < 1.29 is 4.79 Å². The lowest BCUT2D eigenvalue weighted by Crippen LogP contribution is -2.31. The van der Waals surface area contributed by atoms with E-state index in [0.29, 0.717) is 6.54 Å². The Labute approximate surface area is 120 Å². The molecule has 0 unspecified atom stereocenters. The maximum atomic E-state index is 11.7. The van der Waals surface area contributed by atoms with Crippen LogP contribution in [0.3, 0.4) is 0 Å². The van der Waals surface area contributed by atoms with Crippen LogP contribution in [-0.2, 0) is 4.79 Å². The Balaban J connectivity index is 1.97. The molecular formula is C17H20N2O. The van der Waals surface area contributed by atoms with Crippen LogP contribution in [0.25, 0.3) is 11.1 Å². The molecule has 2 aromatic rings. The van der Waals surface area contributed by atoms with E-state index in [1.165, 1.54) is 11.1 Å². The van der Waals surface area contributed by atoms with Crippen molar-refractivity contribution in [3.63, 3.8) is 0 Å². The zero-order chi connectivity index (χ0) is 14.4. The molecule has 1 N–H and O–H groups in total. The fourth-order valence-corrected chi connectivity index (χ4v) is 1.90. The number of rotatable bonds is 5. The Hall–Kier alpha value is -2.29. The average Bonchev–Trinajstić information content (AvgIpc) is 2.53. The van der Waals surface area contributed by atoms with Gasteiger partial charge < -0.3 is 10.2 Å². The minimum Gasteiger partial charge on any atom is -0.376 e. The summed E-state index contributed by atoms with van der Waals surface area (Å²) in [6.07, 6.45) is 0. The Kier molecular flexibility index (Phi) is 4.77. The fraction of sp³-hybridized carbons (Fsp3) is 0.235. The Morgan fingerprint density at radius 3 is 2.20 bits per heavy atom. The van der Waals surface area contributed by atoms with Crippen molar-refractivity contribution in [1.82, 2.24) is 4.90 Å². The lowest BCUT2D eigenvalue weighted by atomic mass is 10.1. The molecule has 20 heavy (non-hydrogen) atoms. The standard InChI is InChI=1S/C17H20N2O/c1-3-19(2)17(20)13-18-16-11-9-15(10-12-16)14-7-5-4-6-8-14/h4-12,18H,3,13H2,1-2H3. The predicted octanol–water partition coefficient (Wildman–Crippen LogP) is 3.24. The van der Waals surface area contributed by atoms with Gasteiger partial charge in [-0.3, -0.25) is 4.79 Å². The molecule has 0 saturated heterocycles. The molecule has 0 aliphatic rings. The number of nitrogens with zero attached hydrogens (tertiary/aromatic N) is 1. The van der Waals surface area contributed by atoms with E-state index in [4.69, 9.17) is 0 Å². The van der Waals surface area contributed by atoms with Crippen LogP contribution in [0, 0.1) is 0 Å². The molecule has 0 aromatic heterocycles. The van der Waals surface area contributed by atoms with E-state index in [0.717, 1.165) is 12.2 Å². The molecule has 2 rings (SSSR count). The lowest BCUT2D eigenvalue weighted by Gasteiger charge is -2.15. The summed E-state index contributed by atoms with van der Waals surface area (Å²) in [6.45, 7) is 3.02. The summed E-state index contributed by atoms with van der Waals surface area (Å²) in [6, 6.07) is 18.4. The van der Waals surface area contributed by atoms with Crippen molar-refractivity contribution in [2.75, 3.05) is 25.5 Å². The summed E-state index contributed by atoms with van der Waals surface area (Å²) in [5.74, 6) is 0.0969. The largest absolute Gasteiger partial charge is 0.376 e. The quantitative estimate of drug-likeness (QED) is 0.903. The van der Waals surface area contributed by atoms with Crippen LogP contribution in [-0.4, -0.2) is 30.9 Å². The second-order valence-electron chi connectivity index (χ2n) is 4.70. The van der Waals surface area contributed by atoms with E-state index in [1.807, 2.05) is 44.3 Å². The number of benzene rings is 2. The number of hydrogen-bond donors (Lipinski definition) is 1. The second-order valence-corrected chi connectivity index (χ2v) is 4.70. The van der Waals surface area contributed by atoms with Gasteiger partial charge in [-0.15, -0.1) is 0 Å². The molecule has 0 heterocycles. The summed E-state index contributed by atoms with van der Waals surface area (Å²) in [5.41, 5.74) is 3.33. The zero-order valence-electron chi connectivity index (χ0n) is 12.0. The highest BCUT2D eigenvalue weighted by Gasteiger charge is 2.05. The minimum atomic E-state index is 0.0969. The number of nitrogens with one attached hydrogen (secondary N) is 1. The Morgan fingerprint density at radius 2 is 1.60 bits per heavy atom. The van der Waals surface area contributed by atoms with Crippen LogP contribution in [0.2, 0.25) is 0 Å².